The van der Waals surface area contributed by atoms with Gasteiger partial charge in [0.25, 0.3) is 0 Å². The molecule has 0 aliphatic heterocycles. The number of halogens is 5. The van der Waals surface area contributed by atoms with Crippen molar-refractivity contribution in [3.63, 3.8) is 0 Å². The molecular weight excluding hydrogens is 285 g/mol. The van der Waals surface area contributed by atoms with Gasteiger partial charge in [0.1, 0.15) is 17.2 Å². The standard InChI is InChI=1S/C12H12F5NO2/c1-11(10(19)20-2,18-6-12(15,16)17)7-3-8(13)5-9(14)4-7/h3-5,18H,6H2,1-2H3. The first-order valence-electron chi connectivity index (χ1n) is 5.45. The summed E-state index contributed by atoms with van der Waals surface area (Å²) in [6.07, 6.45) is -4.60. The van der Waals surface area contributed by atoms with E-state index in [1.165, 1.54) is 0 Å². The molecule has 0 aliphatic carbocycles. The van der Waals surface area contributed by atoms with E-state index in [-0.39, 0.29) is 5.56 Å². The summed E-state index contributed by atoms with van der Waals surface area (Å²) in [5, 5.41) is 1.92. The van der Waals surface area contributed by atoms with Gasteiger partial charge in [0.15, 0.2) is 0 Å². The quantitative estimate of drug-likeness (QED) is 0.685. The summed E-state index contributed by atoms with van der Waals surface area (Å²) in [5.74, 6) is -3.11. The molecule has 0 heterocycles. The van der Waals surface area contributed by atoms with Crippen molar-refractivity contribution in [2.45, 2.75) is 18.6 Å². The summed E-state index contributed by atoms with van der Waals surface area (Å²) < 4.78 is 67.5. The second-order valence-corrected chi connectivity index (χ2v) is 4.24. The second-order valence-electron chi connectivity index (χ2n) is 4.24. The number of carbonyl (C=O) groups is 1. The molecule has 0 aliphatic rings. The van der Waals surface area contributed by atoms with E-state index in [9.17, 15) is 26.7 Å². The molecule has 3 nitrogen and oxygen atoms in total. The Balaban J connectivity index is 3.20. The van der Waals surface area contributed by atoms with E-state index < -0.39 is 35.9 Å². The predicted molar refractivity (Wildman–Crippen MR) is 59.8 cm³/mol. The molecule has 0 aromatic heterocycles. The molecule has 1 N–H and O–H groups in total. The van der Waals surface area contributed by atoms with E-state index >= 15 is 0 Å². The third-order valence-corrected chi connectivity index (χ3v) is 2.68. The van der Waals surface area contributed by atoms with Gasteiger partial charge in [-0.3, -0.25) is 5.32 Å². The van der Waals surface area contributed by atoms with Gasteiger partial charge in [0.2, 0.25) is 0 Å². The lowest BCUT2D eigenvalue weighted by Gasteiger charge is -2.29. The highest BCUT2D eigenvalue weighted by Crippen LogP contribution is 2.26. The molecule has 1 atom stereocenters. The van der Waals surface area contributed by atoms with Crippen molar-refractivity contribution in [1.82, 2.24) is 5.32 Å². The van der Waals surface area contributed by atoms with Crippen LogP contribution in [0.15, 0.2) is 18.2 Å². The molecule has 0 amide bonds. The molecular formula is C12H12F5NO2. The number of methoxy groups -OCH3 is 1. The summed E-state index contributed by atoms with van der Waals surface area (Å²) in [7, 11) is 0.964. The largest absolute Gasteiger partial charge is 0.467 e. The van der Waals surface area contributed by atoms with Crippen molar-refractivity contribution >= 4 is 5.97 Å². The molecule has 0 saturated heterocycles. The first-order valence-corrected chi connectivity index (χ1v) is 5.45. The number of hydrogen-bond acceptors (Lipinski definition) is 3. The maximum atomic E-state index is 13.2. The Labute approximate surface area is 111 Å². The van der Waals surface area contributed by atoms with Gasteiger partial charge in [-0.05, 0) is 24.6 Å². The number of ether oxygens (including phenoxy) is 1. The minimum atomic E-state index is -4.60. The summed E-state index contributed by atoms with van der Waals surface area (Å²) >= 11 is 0. The third-order valence-electron chi connectivity index (χ3n) is 2.68. The van der Waals surface area contributed by atoms with Crippen LogP contribution in [-0.2, 0) is 15.1 Å². The van der Waals surface area contributed by atoms with Crippen LogP contribution < -0.4 is 5.32 Å². The number of benzene rings is 1. The topological polar surface area (TPSA) is 38.3 Å². The zero-order chi connectivity index (χ0) is 15.6. The molecule has 1 rings (SSSR count). The van der Waals surface area contributed by atoms with Gasteiger partial charge in [-0.1, -0.05) is 0 Å². The van der Waals surface area contributed by atoms with Crippen LogP contribution in [0, 0.1) is 11.6 Å². The first-order chi connectivity index (χ1) is 9.08. The normalized spacial score (nSPS) is 14.8. The molecule has 0 fully saturated rings. The highest BCUT2D eigenvalue weighted by atomic mass is 19.4. The van der Waals surface area contributed by atoms with Crippen molar-refractivity contribution in [3.05, 3.63) is 35.4 Å². The summed E-state index contributed by atoms with van der Waals surface area (Å²) in [6, 6.07) is 2.08. The second kappa shape index (κ2) is 5.74. The van der Waals surface area contributed by atoms with Crippen molar-refractivity contribution in [3.8, 4) is 0 Å². The third kappa shape index (κ3) is 3.89. The Hall–Kier alpha value is -1.70. The summed E-state index contributed by atoms with van der Waals surface area (Å²) in [6.45, 7) is -0.463. The maximum Gasteiger partial charge on any atom is 0.401 e. The number of alkyl halides is 3. The SMILES string of the molecule is COC(=O)C(C)(NCC(F)(F)F)c1cc(F)cc(F)c1. The molecule has 0 bridgehead atoms. The molecule has 0 radical (unpaired) electrons. The van der Waals surface area contributed by atoms with Gasteiger partial charge in [0.05, 0.1) is 13.7 Å². The molecule has 0 saturated carbocycles. The van der Waals surface area contributed by atoms with Gasteiger partial charge < -0.3 is 4.74 Å². The lowest BCUT2D eigenvalue weighted by Crippen LogP contribution is -2.50. The Morgan fingerprint density at radius 2 is 1.70 bits per heavy atom. The van der Waals surface area contributed by atoms with Crippen LogP contribution in [-0.4, -0.2) is 25.8 Å². The van der Waals surface area contributed by atoms with Gasteiger partial charge in [0, 0.05) is 6.07 Å². The maximum absolute atomic E-state index is 13.2. The molecule has 0 spiro atoms. The molecule has 1 aromatic carbocycles. The van der Waals surface area contributed by atoms with Crippen molar-refractivity contribution < 1.29 is 31.5 Å². The number of esters is 1. The van der Waals surface area contributed by atoms with Crippen LogP contribution in [0.4, 0.5) is 22.0 Å². The Bertz CT molecular complexity index is 483. The predicted octanol–water partition coefficient (Wildman–Crippen LogP) is 2.50. The van der Waals surface area contributed by atoms with Crippen molar-refractivity contribution in [2.75, 3.05) is 13.7 Å². The van der Waals surface area contributed by atoms with E-state index in [2.05, 4.69) is 4.74 Å². The van der Waals surface area contributed by atoms with Crippen LogP contribution in [0.5, 0.6) is 0 Å². The Kier molecular flexibility index (Phi) is 4.69. The highest BCUT2D eigenvalue weighted by Gasteiger charge is 2.40. The molecule has 20 heavy (non-hydrogen) atoms. The first kappa shape index (κ1) is 16.4. The van der Waals surface area contributed by atoms with Gasteiger partial charge in [-0.2, -0.15) is 13.2 Å². The lowest BCUT2D eigenvalue weighted by atomic mass is 9.91. The average Bonchev–Trinajstić information content (AvgIpc) is 2.32. The fourth-order valence-corrected chi connectivity index (χ4v) is 1.62. The molecule has 8 heteroatoms. The van der Waals surface area contributed by atoms with Crippen molar-refractivity contribution in [1.29, 1.82) is 0 Å². The van der Waals surface area contributed by atoms with E-state index in [0.717, 1.165) is 26.2 Å². The Morgan fingerprint density at radius 3 is 2.10 bits per heavy atom. The van der Waals surface area contributed by atoms with Crippen LogP contribution in [0.3, 0.4) is 0 Å². The zero-order valence-electron chi connectivity index (χ0n) is 10.6. The van der Waals surface area contributed by atoms with Gasteiger partial charge in [-0.25, -0.2) is 13.6 Å². The van der Waals surface area contributed by atoms with E-state index in [1.807, 2.05) is 5.32 Å². The lowest BCUT2D eigenvalue weighted by molar-refractivity contribution is -0.153. The summed E-state index contributed by atoms with van der Waals surface area (Å²) in [4.78, 5) is 11.7. The van der Waals surface area contributed by atoms with Crippen LogP contribution in [0.1, 0.15) is 12.5 Å². The van der Waals surface area contributed by atoms with Crippen LogP contribution >= 0.6 is 0 Å². The molecule has 1 aromatic rings. The monoisotopic (exact) mass is 297 g/mol. The van der Waals surface area contributed by atoms with E-state index in [4.69, 9.17) is 0 Å². The fourth-order valence-electron chi connectivity index (χ4n) is 1.62. The van der Waals surface area contributed by atoms with Gasteiger partial charge in [-0.15, -0.1) is 0 Å². The number of rotatable bonds is 4. The number of hydrogen-bond donors (Lipinski definition) is 1. The number of carbonyl (C=O) groups excluding carboxylic acids is 1. The number of nitrogens with one attached hydrogen (secondary N) is 1. The van der Waals surface area contributed by atoms with E-state index in [1.54, 1.807) is 0 Å². The smallest absolute Gasteiger partial charge is 0.401 e. The van der Waals surface area contributed by atoms with E-state index in [0.29, 0.717) is 6.07 Å². The zero-order valence-corrected chi connectivity index (χ0v) is 10.6. The molecule has 112 valence electrons. The Morgan fingerprint density at radius 1 is 1.20 bits per heavy atom. The highest BCUT2D eigenvalue weighted by molar-refractivity contribution is 5.82. The molecule has 1 unspecified atom stereocenters. The fraction of sp³-hybridized carbons (Fsp3) is 0.417. The average molecular weight is 297 g/mol. The minimum absolute atomic E-state index is 0.300. The minimum Gasteiger partial charge on any atom is -0.467 e. The summed E-state index contributed by atoms with van der Waals surface area (Å²) in [5.41, 5.74) is -2.32. The van der Waals surface area contributed by atoms with Gasteiger partial charge >= 0.3 is 12.1 Å². The van der Waals surface area contributed by atoms with Crippen LogP contribution in [0.25, 0.3) is 0 Å². The van der Waals surface area contributed by atoms with Crippen LogP contribution in [0.2, 0.25) is 0 Å². The van der Waals surface area contributed by atoms with Crippen molar-refractivity contribution in [2.24, 2.45) is 0 Å².